The van der Waals surface area contributed by atoms with Crippen LogP contribution in [0.15, 0.2) is 42.5 Å². The third-order valence-corrected chi connectivity index (χ3v) is 9.10. The zero-order valence-corrected chi connectivity index (χ0v) is 29.1. The van der Waals surface area contributed by atoms with Crippen molar-refractivity contribution in [1.29, 1.82) is 0 Å². The highest BCUT2D eigenvalue weighted by molar-refractivity contribution is 6.31. The van der Waals surface area contributed by atoms with Crippen LogP contribution in [0.25, 0.3) is 0 Å². The summed E-state index contributed by atoms with van der Waals surface area (Å²) in [6.45, 7) is 10.5. The molecule has 2 aliphatic rings. The van der Waals surface area contributed by atoms with Crippen molar-refractivity contribution in [2.45, 2.75) is 115 Å². The Morgan fingerprint density at radius 3 is 2.07 bits per heavy atom. The summed E-state index contributed by atoms with van der Waals surface area (Å²) >= 11 is 6.79. The molecule has 0 amide bonds. The average Bonchev–Trinajstić information content (AvgIpc) is 3.44. The van der Waals surface area contributed by atoms with E-state index >= 15 is 0 Å². The molecule has 0 radical (unpaired) electrons. The van der Waals surface area contributed by atoms with E-state index in [1.165, 1.54) is 7.11 Å². The molecule has 4 rings (SSSR count). The lowest BCUT2D eigenvalue weighted by molar-refractivity contribution is -0.341. The van der Waals surface area contributed by atoms with Crippen LogP contribution < -0.4 is 4.74 Å². The molecule has 0 saturated carbocycles. The summed E-state index contributed by atoms with van der Waals surface area (Å²) in [6.07, 6.45) is 5.95. The minimum absolute atomic E-state index is 0.0603. The molecule has 2 bridgehead atoms. The number of rotatable bonds is 20. The molecule has 5 atom stereocenters. The van der Waals surface area contributed by atoms with Crippen molar-refractivity contribution in [2.75, 3.05) is 40.1 Å². The van der Waals surface area contributed by atoms with Gasteiger partial charge in [-0.1, -0.05) is 83.2 Å². The summed E-state index contributed by atoms with van der Waals surface area (Å²) in [5.41, 5.74) is 1.15. The molecule has 2 aromatic rings. The Balaban J connectivity index is 1.74. The topological polar surface area (TPSA) is 81.7 Å². The zero-order chi connectivity index (χ0) is 33.0. The van der Waals surface area contributed by atoms with E-state index in [1.54, 1.807) is 0 Å². The van der Waals surface area contributed by atoms with E-state index in [-0.39, 0.29) is 6.61 Å². The number of benzene rings is 2. The fraction of sp³-hybridized carbons (Fsp3) is 0.649. The van der Waals surface area contributed by atoms with Gasteiger partial charge >= 0.3 is 5.97 Å². The van der Waals surface area contributed by atoms with Crippen molar-refractivity contribution >= 4 is 17.6 Å². The maximum atomic E-state index is 13.6. The minimum atomic E-state index is -1.53. The summed E-state index contributed by atoms with van der Waals surface area (Å²) < 4.78 is 44.4. The second-order valence-electron chi connectivity index (χ2n) is 12.2. The molecule has 2 fully saturated rings. The van der Waals surface area contributed by atoms with E-state index in [1.807, 2.05) is 30.3 Å². The number of methoxy groups -OCH3 is 1. The van der Waals surface area contributed by atoms with E-state index in [9.17, 15) is 4.79 Å². The molecular weight excluding hydrogens is 608 g/mol. The van der Waals surface area contributed by atoms with Crippen LogP contribution in [-0.2, 0) is 45.4 Å². The molecule has 2 aromatic carbocycles. The highest BCUT2D eigenvalue weighted by atomic mass is 35.5. The van der Waals surface area contributed by atoms with Crippen LogP contribution in [0.1, 0.15) is 95.8 Å². The van der Waals surface area contributed by atoms with E-state index in [4.69, 9.17) is 44.8 Å². The highest BCUT2D eigenvalue weighted by Gasteiger charge is 2.72. The number of hydrogen-bond donors (Lipinski definition) is 0. The first-order valence-electron chi connectivity index (χ1n) is 17.2. The Morgan fingerprint density at radius 1 is 0.826 bits per heavy atom. The average molecular weight is 661 g/mol. The van der Waals surface area contributed by atoms with E-state index in [0.717, 1.165) is 68.2 Å². The third kappa shape index (κ3) is 8.26. The second-order valence-corrected chi connectivity index (χ2v) is 12.7. The van der Waals surface area contributed by atoms with Crippen LogP contribution in [0.4, 0.5) is 0 Å². The summed E-state index contributed by atoms with van der Waals surface area (Å²) in [5.74, 6) is -1.15. The Morgan fingerprint density at radius 2 is 1.43 bits per heavy atom. The minimum Gasteiger partial charge on any atom is -0.494 e. The lowest BCUT2D eigenvalue weighted by Gasteiger charge is -2.49. The molecule has 2 heterocycles. The largest absolute Gasteiger partial charge is 0.494 e. The highest BCUT2D eigenvalue weighted by Crippen LogP contribution is 2.53. The lowest BCUT2D eigenvalue weighted by Crippen LogP contribution is -2.69. The van der Waals surface area contributed by atoms with Gasteiger partial charge in [-0.25, -0.2) is 4.79 Å². The standard InChI is InChI=1S/C37H53ClO8/c1-6-10-20-41-30-17-14-27(15-18-30)24-28-25-29(16-19-31(28)38)37-34(44-23-13-9-4)32(42-21-11-7-2)33(43-22-12-8-3)36(46-37,26-45-37)35(39)40-5/h14-19,25,32-34H,6-13,20-24,26H2,1-5H3/t32-,33-,34+,36-,37-/m0/s1. The molecule has 2 saturated heterocycles. The Kier molecular flexibility index (Phi) is 14.2. The third-order valence-electron chi connectivity index (χ3n) is 8.73. The first kappa shape index (κ1) is 36.6. The van der Waals surface area contributed by atoms with Crippen LogP contribution in [0, 0.1) is 0 Å². The van der Waals surface area contributed by atoms with Crippen LogP contribution in [-0.4, -0.2) is 70.0 Å². The first-order valence-corrected chi connectivity index (χ1v) is 17.5. The Hall–Kier alpha value is -2.20. The number of fused-ring (bicyclic) bond motifs is 2. The number of halogens is 1. The molecule has 46 heavy (non-hydrogen) atoms. The number of esters is 1. The maximum Gasteiger partial charge on any atom is 0.343 e. The van der Waals surface area contributed by atoms with Gasteiger partial charge in [-0.05, 0) is 67.5 Å². The van der Waals surface area contributed by atoms with Gasteiger partial charge in [0.05, 0.1) is 20.3 Å². The maximum absolute atomic E-state index is 13.6. The van der Waals surface area contributed by atoms with Crippen molar-refractivity contribution < 1.29 is 38.0 Å². The zero-order valence-electron chi connectivity index (χ0n) is 28.3. The molecular formula is C37H53ClO8. The Bertz CT molecular complexity index is 1220. The number of carbonyl (C=O) groups is 1. The molecule has 256 valence electrons. The van der Waals surface area contributed by atoms with Crippen LogP contribution >= 0.6 is 11.6 Å². The fourth-order valence-corrected chi connectivity index (χ4v) is 6.21. The van der Waals surface area contributed by atoms with Crippen molar-refractivity contribution in [1.82, 2.24) is 0 Å². The van der Waals surface area contributed by atoms with E-state index in [2.05, 4.69) is 39.8 Å². The van der Waals surface area contributed by atoms with Crippen molar-refractivity contribution in [2.24, 2.45) is 0 Å². The molecule has 0 aromatic heterocycles. The van der Waals surface area contributed by atoms with Gasteiger partial charge < -0.3 is 33.2 Å². The molecule has 0 N–H and O–H groups in total. The van der Waals surface area contributed by atoms with Gasteiger partial charge in [0.25, 0.3) is 0 Å². The van der Waals surface area contributed by atoms with Crippen LogP contribution in [0.5, 0.6) is 5.75 Å². The molecule has 0 unspecified atom stereocenters. The first-order chi connectivity index (χ1) is 22.4. The normalized spacial score (nSPS) is 25.5. The van der Waals surface area contributed by atoms with Crippen LogP contribution in [0.3, 0.4) is 0 Å². The number of carbonyl (C=O) groups excluding carboxylic acids is 1. The number of hydrogen-bond acceptors (Lipinski definition) is 8. The van der Waals surface area contributed by atoms with Gasteiger partial charge in [-0.3, -0.25) is 0 Å². The van der Waals surface area contributed by atoms with Gasteiger partial charge in [0, 0.05) is 30.4 Å². The molecule has 0 spiro atoms. The fourth-order valence-electron chi connectivity index (χ4n) is 6.03. The van der Waals surface area contributed by atoms with Crippen molar-refractivity contribution in [3.05, 3.63) is 64.2 Å². The van der Waals surface area contributed by atoms with Gasteiger partial charge in [-0.2, -0.15) is 0 Å². The number of unbranched alkanes of at least 4 members (excludes halogenated alkanes) is 4. The monoisotopic (exact) mass is 660 g/mol. The van der Waals surface area contributed by atoms with Gasteiger partial charge in [0.15, 0.2) is 0 Å². The molecule has 0 aliphatic carbocycles. The predicted molar refractivity (Wildman–Crippen MR) is 179 cm³/mol. The second kappa shape index (κ2) is 17.8. The molecule has 2 aliphatic heterocycles. The smallest absolute Gasteiger partial charge is 0.343 e. The van der Waals surface area contributed by atoms with Crippen LogP contribution in [0.2, 0.25) is 5.02 Å². The SMILES string of the molecule is CCCCOc1ccc(Cc2cc([C@]34OC[C@](C(=O)OC)(O3)[C@@H](OCCCC)[C@H](OCCCC)[C@H]4OCCCC)ccc2Cl)cc1. The molecule has 8 nitrogen and oxygen atoms in total. The quantitative estimate of drug-likeness (QED) is 0.105. The lowest BCUT2D eigenvalue weighted by atomic mass is 9.82. The van der Waals surface area contributed by atoms with Crippen molar-refractivity contribution in [3.63, 3.8) is 0 Å². The Labute approximate surface area is 280 Å². The molecule has 9 heteroatoms. The van der Waals surface area contributed by atoms with Gasteiger partial charge in [-0.15, -0.1) is 0 Å². The van der Waals surface area contributed by atoms with Gasteiger partial charge in [0.2, 0.25) is 11.4 Å². The summed E-state index contributed by atoms with van der Waals surface area (Å²) in [7, 11) is 1.36. The number of ether oxygens (including phenoxy) is 7. The summed E-state index contributed by atoms with van der Waals surface area (Å²) in [5, 5.41) is 0.622. The van der Waals surface area contributed by atoms with E-state index < -0.39 is 35.7 Å². The van der Waals surface area contributed by atoms with E-state index in [0.29, 0.717) is 43.4 Å². The van der Waals surface area contributed by atoms with Gasteiger partial charge in [0.1, 0.15) is 24.1 Å². The van der Waals surface area contributed by atoms with Crippen molar-refractivity contribution in [3.8, 4) is 5.75 Å². The predicted octanol–water partition coefficient (Wildman–Crippen LogP) is 7.79. The summed E-state index contributed by atoms with van der Waals surface area (Å²) in [4.78, 5) is 13.6. The summed E-state index contributed by atoms with van der Waals surface area (Å²) in [6, 6.07) is 13.8.